The molecule has 2 atom stereocenters. The number of methoxy groups -OCH3 is 1. The van der Waals surface area contributed by atoms with Crippen molar-refractivity contribution in [2.45, 2.75) is 42.7 Å². The Morgan fingerprint density at radius 2 is 1.95 bits per heavy atom. The second-order valence-corrected chi connectivity index (χ2v) is 6.75. The van der Waals surface area contributed by atoms with Crippen LogP contribution < -0.4 is 4.72 Å². The number of hydrogen-bond acceptors (Lipinski definition) is 5. The smallest absolute Gasteiger partial charge is 0.339 e. The minimum absolute atomic E-state index is 0.0159. The number of aliphatic hydroxyl groups is 1. The monoisotopic (exact) mass is 313 g/mol. The van der Waals surface area contributed by atoms with E-state index in [-0.39, 0.29) is 10.5 Å². The first-order chi connectivity index (χ1) is 9.95. The molecule has 1 aliphatic carbocycles. The first-order valence-electron chi connectivity index (χ1n) is 6.83. The van der Waals surface area contributed by atoms with E-state index >= 15 is 0 Å². The lowest BCUT2D eigenvalue weighted by molar-refractivity contribution is 0.0596. The van der Waals surface area contributed by atoms with Crippen molar-refractivity contribution in [3.05, 3.63) is 29.8 Å². The average Bonchev–Trinajstić information content (AvgIpc) is 2.48. The van der Waals surface area contributed by atoms with E-state index in [4.69, 9.17) is 0 Å². The zero-order valence-electron chi connectivity index (χ0n) is 11.8. The Morgan fingerprint density at radius 3 is 2.62 bits per heavy atom. The second-order valence-electron chi connectivity index (χ2n) is 5.07. The van der Waals surface area contributed by atoms with Gasteiger partial charge < -0.3 is 9.84 Å². The van der Waals surface area contributed by atoms with E-state index in [1.165, 1.54) is 25.3 Å². The lowest BCUT2D eigenvalue weighted by Crippen LogP contribution is -2.45. The van der Waals surface area contributed by atoms with Crippen LogP contribution in [0.1, 0.15) is 36.0 Å². The lowest BCUT2D eigenvalue weighted by Gasteiger charge is -2.28. The molecule has 0 aliphatic heterocycles. The van der Waals surface area contributed by atoms with E-state index in [1.54, 1.807) is 6.07 Å². The number of esters is 1. The zero-order chi connectivity index (χ0) is 15.5. The number of sulfonamides is 1. The van der Waals surface area contributed by atoms with Gasteiger partial charge in [-0.1, -0.05) is 25.0 Å². The highest BCUT2D eigenvalue weighted by atomic mass is 32.2. The third kappa shape index (κ3) is 3.61. The Bertz CT molecular complexity index is 614. The predicted octanol–water partition coefficient (Wildman–Crippen LogP) is 1.05. The second kappa shape index (κ2) is 6.55. The summed E-state index contributed by atoms with van der Waals surface area (Å²) in [6, 6.07) is 5.34. The highest BCUT2D eigenvalue weighted by Crippen LogP contribution is 2.22. The van der Waals surface area contributed by atoms with Crippen LogP contribution in [-0.4, -0.2) is 38.7 Å². The summed E-state index contributed by atoms with van der Waals surface area (Å²) in [5.74, 6) is -0.708. The number of rotatable bonds is 4. The molecular formula is C14H19NO5S. The van der Waals surface area contributed by atoms with Crippen molar-refractivity contribution in [1.82, 2.24) is 4.72 Å². The molecule has 7 heteroatoms. The molecule has 0 spiro atoms. The minimum Gasteiger partial charge on any atom is -0.465 e. The quantitative estimate of drug-likeness (QED) is 0.811. The molecule has 1 aromatic rings. The third-order valence-corrected chi connectivity index (χ3v) is 5.17. The van der Waals surface area contributed by atoms with Crippen molar-refractivity contribution < 1.29 is 23.1 Å². The van der Waals surface area contributed by atoms with Crippen LogP contribution in [0, 0.1) is 0 Å². The molecule has 0 aromatic heterocycles. The van der Waals surface area contributed by atoms with Crippen LogP contribution in [0.25, 0.3) is 0 Å². The molecule has 0 amide bonds. The first kappa shape index (κ1) is 15.9. The molecule has 1 aromatic carbocycles. The van der Waals surface area contributed by atoms with E-state index in [2.05, 4.69) is 9.46 Å². The molecule has 1 fully saturated rings. The summed E-state index contributed by atoms with van der Waals surface area (Å²) < 4.78 is 32.0. The molecule has 2 rings (SSSR count). The van der Waals surface area contributed by atoms with Crippen LogP contribution in [0.5, 0.6) is 0 Å². The molecule has 21 heavy (non-hydrogen) atoms. The number of aliphatic hydroxyl groups excluding tert-OH is 1. The van der Waals surface area contributed by atoms with Crippen LogP contribution in [0.2, 0.25) is 0 Å². The van der Waals surface area contributed by atoms with Gasteiger partial charge in [-0.3, -0.25) is 0 Å². The van der Waals surface area contributed by atoms with Gasteiger partial charge in [-0.2, -0.15) is 0 Å². The number of carbonyl (C=O) groups excluding carboxylic acids is 1. The van der Waals surface area contributed by atoms with Gasteiger partial charge in [0.2, 0.25) is 10.0 Å². The van der Waals surface area contributed by atoms with E-state index in [0.717, 1.165) is 12.8 Å². The van der Waals surface area contributed by atoms with Gasteiger partial charge in [0, 0.05) is 6.04 Å². The van der Waals surface area contributed by atoms with Gasteiger partial charge in [-0.05, 0) is 25.0 Å². The zero-order valence-corrected chi connectivity index (χ0v) is 12.6. The number of nitrogens with one attached hydrogen (secondary N) is 1. The van der Waals surface area contributed by atoms with Crippen molar-refractivity contribution in [3.63, 3.8) is 0 Å². The summed E-state index contributed by atoms with van der Waals surface area (Å²) in [6.45, 7) is 0. The summed E-state index contributed by atoms with van der Waals surface area (Å²) in [5.41, 5.74) is -0.0159. The van der Waals surface area contributed by atoms with Crippen molar-refractivity contribution in [3.8, 4) is 0 Å². The van der Waals surface area contributed by atoms with Crippen LogP contribution in [0.3, 0.4) is 0 Å². The van der Waals surface area contributed by atoms with Crippen LogP contribution in [0.15, 0.2) is 29.2 Å². The van der Waals surface area contributed by atoms with Crippen LogP contribution in [0.4, 0.5) is 0 Å². The normalized spacial score (nSPS) is 22.8. The van der Waals surface area contributed by atoms with Crippen molar-refractivity contribution in [1.29, 1.82) is 0 Å². The first-order valence-corrected chi connectivity index (χ1v) is 8.32. The minimum atomic E-state index is -3.89. The van der Waals surface area contributed by atoms with Crippen molar-refractivity contribution in [2.24, 2.45) is 0 Å². The van der Waals surface area contributed by atoms with Gasteiger partial charge in [0.25, 0.3) is 0 Å². The fourth-order valence-corrected chi connectivity index (χ4v) is 3.99. The Hall–Kier alpha value is -1.44. The number of hydrogen-bond donors (Lipinski definition) is 2. The van der Waals surface area contributed by atoms with Crippen molar-refractivity contribution in [2.75, 3.05) is 7.11 Å². The third-order valence-electron chi connectivity index (χ3n) is 3.62. The molecule has 0 unspecified atom stereocenters. The number of carbonyl (C=O) groups is 1. The van der Waals surface area contributed by atoms with Crippen LogP contribution >= 0.6 is 0 Å². The molecule has 0 heterocycles. The summed E-state index contributed by atoms with van der Waals surface area (Å²) in [6.07, 6.45) is 2.21. The SMILES string of the molecule is COC(=O)c1ccccc1S(=O)(=O)N[C@@H]1CCCC[C@H]1O. The summed E-state index contributed by atoms with van der Waals surface area (Å²) in [5, 5.41) is 9.89. The fraction of sp³-hybridized carbons (Fsp3) is 0.500. The van der Waals surface area contributed by atoms with Gasteiger partial charge in [0.15, 0.2) is 0 Å². The highest BCUT2D eigenvalue weighted by Gasteiger charge is 2.30. The molecule has 1 aliphatic rings. The molecule has 1 saturated carbocycles. The number of benzene rings is 1. The molecule has 0 radical (unpaired) electrons. The van der Waals surface area contributed by atoms with Gasteiger partial charge >= 0.3 is 5.97 Å². The topological polar surface area (TPSA) is 92.7 Å². The largest absolute Gasteiger partial charge is 0.465 e. The maximum Gasteiger partial charge on any atom is 0.339 e. The van der Waals surface area contributed by atoms with Crippen molar-refractivity contribution >= 4 is 16.0 Å². The Labute approximate surface area is 124 Å². The van der Waals surface area contributed by atoms with Gasteiger partial charge in [-0.25, -0.2) is 17.9 Å². The Morgan fingerprint density at radius 1 is 1.29 bits per heavy atom. The van der Waals surface area contributed by atoms with E-state index in [1.807, 2.05) is 0 Å². The Kier molecular flexibility index (Phi) is 4.97. The van der Waals surface area contributed by atoms with E-state index in [0.29, 0.717) is 12.8 Å². The van der Waals surface area contributed by atoms with Gasteiger partial charge in [0.05, 0.1) is 23.7 Å². The molecule has 2 N–H and O–H groups in total. The van der Waals surface area contributed by atoms with Gasteiger partial charge in [-0.15, -0.1) is 0 Å². The molecule has 0 bridgehead atoms. The maximum absolute atomic E-state index is 12.5. The summed E-state index contributed by atoms with van der Waals surface area (Å²) in [4.78, 5) is 11.5. The lowest BCUT2D eigenvalue weighted by atomic mass is 9.93. The summed E-state index contributed by atoms with van der Waals surface area (Å²) >= 11 is 0. The summed E-state index contributed by atoms with van der Waals surface area (Å²) in [7, 11) is -2.69. The van der Waals surface area contributed by atoms with E-state index < -0.39 is 28.1 Å². The predicted molar refractivity (Wildman–Crippen MR) is 76.4 cm³/mol. The molecule has 0 saturated heterocycles. The maximum atomic E-state index is 12.5. The molecule has 6 nitrogen and oxygen atoms in total. The standard InChI is InChI=1S/C14H19NO5S/c1-20-14(17)10-6-2-5-9-13(10)21(18,19)15-11-7-3-4-8-12(11)16/h2,5-6,9,11-12,15-16H,3-4,7-8H2,1H3/t11-,12-/m1/s1. The average molecular weight is 313 g/mol. The highest BCUT2D eigenvalue weighted by molar-refractivity contribution is 7.89. The van der Waals surface area contributed by atoms with Gasteiger partial charge in [0.1, 0.15) is 0 Å². The molecule has 116 valence electrons. The van der Waals surface area contributed by atoms with Crippen LogP contribution in [-0.2, 0) is 14.8 Å². The number of ether oxygens (including phenoxy) is 1. The Balaban J connectivity index is 2.29. The molecular weight excluding hydrogens is 294 g/mol. The van der Waals surface area contributed by atoms with E-state index in [9.17, 15) is 18.3 Å². The fourth-order valence-electron chi connectivity index (χ4n) is 2.49.